The summed E-state index contributed by atoms with van der Waals surface area (Å²) in [4.78, 5) is 0. The Bertz CT molecular complexity index is 580. The van der Waals surface area contributed by atoms with Crippen molar-refractivity contribution in [2.24, 2.45) is 0 Å². The second-order valence-corrected chi connectivity index (χ2v) is 4.41. The molecule has 0 radical (unpaired) electrons. The summed E-state index contributed by atoms with van der Waals surface area (Å²) in [7, 11) is 3.71. The molecule has 1 aromatic rings. The van der Waals surface area contributed by atoms with E-state index in [0.717, 1.165) is 13.2 Å². The summed E-state index contributed by atoms with van der Waals surface area (Å²) in [5, 5.41) is 0. The molecule has 0 saturated heterocycles. The molecule has 0 spiro atoms. The number of ether oxygens (including phenoxy) is 3. The lowest BCUT2D eigenvalue weighted by Gasteiger charge is -2.33. The third-order valence-electron chi connectivity index (χ3n) is 3.32. The molecular formula is C15H15F3O3. The van der Waals surface area contributed by atoms with E-state index in [1.165, 1.54) is 26.4 Å². The minimum absolute atomic E-state index is 0.129. The number of benzene rings is 1. The van der Waals surface area contributed by atoms with E-state index in [4.69, 9.17) is 9.47 Å². The van der Waals surface area contributed by atoms with Gasteiger partial charge in [0.05, 0.1) is 19.8 Å². The van der Waals surface area contributed by atoms with Gasteiger partial charge in [-0.15, -0.1) is 0 Å². The van der Waals surface area contributed by atoms with E-state index in [0.29, 0.717) is 11.3 Å². The molecule has 0 N–H and O–H groups in total. The van der Waals surface area contributed by atoms with Crippen molar-refractivity contribution >= 4 is 5.57 Å². The predicted molar refractivity (Wildman–Crippen MR) is 71.9 cm³/mol. The average molecular weight is 300 g/mol. The van der Waals surface area contributed by atoms with Crippen LogP contribution in [0.25, 0.3) is 5.57 Å². The molecule has 1 aromatic carbocycles. The van der Waals surface area contributed by atoms with Gasteiger partial charge in [0.1, 0.15) is 17.3 Å². The van der Waals surface area contributed by atoms with Gasteiger partial charge in [-0.25, -0.2) is 13.2 Å². The van der Waals surface area contributed by atoms with Crippen LogP contribution in [0.1, 0.15) is 5.56 Å². The number of rotatable bonds is 4. The summed E-state index contributed by atoms with van der Waals surface area (Å²) in [6.07, 6.45) is -1.74. The highest BCUT2D eigenvalue weighted by Gasteiger charge is 2.51. The van der Waals surface area contributed by atoms with Crippen molar-refractivity contribution in [2.45, 2.75) is 12.0 Å². The fourth-order valence-electron chi connectivity index (χ4n) is 2.21. The van der Waals surface area contributed by atoms with Crippen LogP contribution in [0.3, 0.4) is 0 Å². The smallest absolute Gasteiger partial charge is 0.277 e. The van der Waals surface area contributed by atoms with Crippen molar-refractivity contribution < 1.29 is 27.4 Å². The van der Waals surface area contributed by atoms with Crippen LogP contribution < -0.4 is 4.74 Å². The fourth-order valence-corrected chi connectivity index (χ4v) is 2.21. The van der Waals surface area contributed by atoms with Crippen LogP contribution >= 0.6 is 0 Å². The molecule has 6 heteroatoms. The Balaban J connectivity index is 2.62. The van der Waals surface area contributed by atoms with Crippen molar-refractivity contribution in [3.8, 4) is 5.75 Å². The summed E-state index contributed by atoms with van der Waals surface area (Å²) in [6, 6.07) is 6.19. The summed E-state index contributed by atoms with van der Waals surface area (Å²) < 4.78 is 57.0. The van der Waals surface area contributed by atoms with E-state index in [-0.39, 0.29) is 11.3 Å². The van der Waals surface area contributed by atoms with Crippen LogP contribution in [0, 0.1) is 0 Å². The standard InChI is InChI=1S/C15H15F3O3/c1-19-10-6-4-9(5-7-10)13-12(20-2)8-11(16)14(17)15(13,18)21-3/h4-8,14H,1-3H3. The van der Waals surface area contributed by atoms with Gasteiger partial charge in [-0.05, 0) is 17.7 Å². The molecule has 0 fully saturated rings. The van der Waals surface area contributed by atoms with Crippen molar-refractivity contribution in [1.29, 1.82) is 0 Å². The highest BCUT2D eigenvalue weighted by Crippen LogP contribution is 2.45. The zero-order chi connectivity index (χ0) is 15.6. The monoisotopic (exact) mass is 300 g/mol. The number of alkyl halides is 2. The topological polar surface area (TPSA) is 27.7 Å². The van der Waals surface area contributed by atoms with Gasteiger partial charge in [0, 0.05) is 13.2 Å². The van der Waals surface area contributed by atoms with Crippen LogP contribution in [0.2, 0.25) is 0 Å². The Morgan fingerprint density at radius 3 is 2.14 bits per heavy atom. The Kier molecular flexibility index (Phi) is 4.27. The molecule has 0 amide bonds. The second kappa shape index (κ2) is 5.81. The van der Waals surface area contributed by atoms with Crippen LogP contribution in [-0.4, -0.2) is 33.4 Å². The van der Waals surface area contributed by atoms with E-state index < -0.39 is 17.9 Å². The molecule has 1 aliphatic rings. The normalized spacial score (nSPS) is 25.6. The van der Waals surface area contributed by atoms with E-state index in [2.05, 4.69) is 4.74 Å². The van der Waals surface area contributed by atoms with Crippen LogP contribution in [0.5, 0.6) is 5.75 Å². The Labute approximate surface area is 120 Å². The third-order valence-corrected chi connectivity index (χ3v) is 3.32. The molecule has 2 unspecified atom stereocenters. The zero-order valence-corrected chi connectivity index (χ0v) is 11.8. The van der Waals surface area contributed by atoms with Gasteiger partial charge < -0.3 is 14.2 Å². The molecule has 0 aliphatic heterocycles. The summed E-state index contributed by atoms with van der Waals surface area (Å²) >= 11 is 0. The Morgan fingerprint density at radius 2 is 1.67 bits per heavy atom. The molecule has 2 rings (SSSR count). The van der Waals surface area contributed by atoms with Crippen LogP contribution in [-0.2, 0) is 9.47 Å². The van der Waals surface area contributed by atoms with Crippen molar-refractivity contribution in [1.82, 2.24) is 0 Å². The Morgan fingerprint density at radius 1 is 1.05 bits per heavy atom. The minimum Gasteiger partial charge on any atom is -0.497 e. The van der Waals surface area contributed by atoms with Crippen molar-refractivity contribution in [3.05, 3.63) is 47.5 Å². The molecule has 0 aromatic heterocycles. The number of hydrogen-bond acceptors (Lipinski definition) is 3. The molecule has 3 nitrogen and oxygen atoms in total. The number of allylic oxidation sites excluding steroid dienone is 1. The van der Waals surface area contributed by atoms with Crippen LogP contribution in [0.15, 0.2) is 41.9 Å². The van der Waals surface area contributed by atoms with Crippen LogP contribution in [0.4, 0.5) is 13.2 Å². The maximum atomic E-state index is 14.9. The van der Waals surface area contributed by atoms with E-state index in [1.54, 1.807) is 12.1 Å². The summed E-state index contributed by atoms with van der Waals surface area (Å²) in [6.45, 7) is 0. The molecular weight excluding hydrogens is 285 g/mol. The largest absolute Gasteiger partial charge is 0.497 e. The molecule has 21 heavy (non-hydrogen) atoms. The average Bonchev–Trinajstić information content (AvgIpc) is 2.52. The highest BCUT2D eigenvalue weighted by molar-refractivity contribution is 5.77. The molecule has 114 valence electrons. The first-order valence-electron chi connectivity index (χ1n) is 6.16. The maximum Gasteiger partial charge on any atom is 0.277 e. The molecule has 0 heterocycles. The Hall–Kier alpha value is -1.95. The highest BCUT2D eigenvalue weighted by atomic mass is 19.2. The lowest BCUT2D eigenvalue weighted by molar-refractivity contribution is -0.118. The predicted octanol–water partition coefficient (Wildman–Crippen LogP) is 3.57. The lowest BCUT2D eigenvalue weighted by atomic mass is 9.89. The molecule has 1 aliphatic carbocycles. The van der Waals surface area contributed by atoms with Gasteiger partial charge >= 0.3 is 0 Å². The van der Waals surface area contributed by atoms with Gasteiger partial charge in [0.2, 0.25) is 6.17 Å². The minimum atomic E-state index is -2.96. The summed E-state index contributed by atoms with van der Waals surface area (Å²) in [5.74, 6) is -3.82. The van der Waals surface area contributed by atoms with Gasteiger partial charge in [-0.2, -0.15) is 0 Å². The molecule has 0 saturated carbocycles. The van der Waals surface area contributed by atoms with Gasteiger partial charge in [0.25, 0.3) is 5.85 Å². The summed E-state index contributed by atoms with van der Waals surface area (Å²) in [5.41, 5.74) is 0.104. The molecule has 2 atom stereocenters. The SMILES string of the molecule is COC1=C(c2ccc(OC)cc2)C(F)(OC)C(F)C(F)=C1. The number of methoxy groups -OCH3 is 3. The second-order valence-electron chi connectivity index (χ2n) is 4.41. The first kappa shape index (κ1) is 15.4. The quantitative estimate of drug-likeness (QED) is 0.851. The first-order chi connectivity index (χ1) is 9.97. The van der Waals surface area contributed by atoms with E-state index in [9.17, 15) is 13.2 Å². The fraction of sp³-hybridized carbons (Fsp3) is 0.333. The van der Waals surface area contributed by atoms with Gasteiger partial charge in [-0.3, -0.25) is 0 Å². The van der Waals surface area contributed by atoms with Gasteiger partial charge in [-0.1, -0.05) is 12.1 Å². The van der Waals surface area contributed by atoms with Gasteiger partial charge in [0.15, 0.2) is 0 Å². The number of hydrogen-bond donors (Lipinski definition) is 0. The first-order valence-corrected chi connectivity index (χ1v) is 6.16. The van der Waals surface area contributed by atoms with E-state index >= 15 is 0 Å². The maximum absolute atomic E-state index is 14.9. The van der Waals surface area contributed by atoms with E-state index in [1.807, 2.05) is 0 Å². The molecule has 0 bridgehead atoms. The zero-order valence-electron chi connectivity index (χ0n) is 11.8. The lowest BCUT2D eigenvalue weighted by Crippen LogP contribution is -2.41. The van der Waals surface area contributed by atoms with Crippen molar-refractivity contribution in [3.63, 3.8) is 0 Å². The van der Waals surface area contributed by atoms with Crippen molar-refractivity contribution in [2.75, 3.05) is 21.3 Å². The third kappa shape index (κ3) is 2.51. The number of halogens is 3.